The van der Waals surface area contributed by atoms with Gasteiger partial charge in [0.05, 0.1) is 15.9 Å². The molecule has 1 heterocycles. The van der Waals surface area contributed by atoms with Crippen LogP contribution in [0.4, 0.5) is 0 Å². The smallest absolute Gasteiger partial charge is 0.0738 e. The van der Waals surface area contributed by atoms with Gasteiger partial charge in [-0.3, -0.25) is 4.68 Å². The molecular formula is C15H19BrClN3. The number of benzene rings is 1. The van der Waals surface area contributed by atoms with Crippen molar-refractivity contribution >= 4 is 27.5 Å². The largest absolute Gasteiger partial charge is 0.319 e. The van der Waals surface area contributed by atoms with E-state index in [1.807, 2.05) is 43.9 Å². The summed E-state index contributed by atoms with van der Waals surface area (Å²) in [4.78, 5) is 0. The molecule has 0 aliphatic rings. The van der Waals surface area contributed by atoms with Crippen LogP contribution in [0.2, 0.25) is 5.02 Å². The summed E-state index contributed by atoms with van der Waals surface area (Å²) in [7, 11) is 3.95. The molecular weight excluding hydrogens is 338 g/mol. The average molecular weight is 357 g/mol. The Morgan fingerprint density at radius 2 is 2.10 bits per heavy atom. The SMILES string of the molecule is CNCC(Cc1c(Br)c(C)nn1C)c1ccccc1Cl. The number of hydrogen-bond donors (Lipinski definition) is 1. The Hall–Kier alpha value is -0.840. The Bertz CT molecular complexity index is 595. The third-order valence-corrected chi connectivity index (χ3v) is 4.87. The topological polar surface area (TPSA) is 29.9 Å². The van der Waals surface area contributed by atoms with E-state index in [1.54, 1.807) is 0 Å². The van der Waals surface area contributed by atoms with Crippen molar-refractivity contribution in [2.24, 2.45) is 7.05 Å². The Morgan fingerprint density at radius 1 is 1.40 bits per heavy atom. The number of aromatic nitrogens is 2. The Kier molecular flexibility index (Phi) is 5.24. The van der Waals surface area contributed by atoms with Gasteiger partial charge < -0.3 is 5.32 Å². The van der Waals surface area contributed by atoms with Gasteiger partial charge in [0.2, 0.25) is 0 Å². The van der Waals surface area contributed by atoms with Gasteiger partial charge in [0.1, 0.15) is 0 Å². The molecule has 0 bridgehead atoms. The van der Waals surface area contributed by atoms with Crippen LogP contribution < -0.4 is 5.32 Å². The Balaban J connectivity index is 2.33. The molecule has 2 rings (SSSR count). The van der Waals surface area contributed by atoms with Gasteiger partial charge in [0, 0.05) is 24.5 Å². The van der Waals surface area contributed by atoms with E-state index in [1.165, 1.54) is 11.3 Å². The van der Waals surface area contributed by atoms with Crippen LogP contribution in [0.3, 0.4) is 0 Å². The predicted molar refractivity (Wildman–Crippen MR) is 87.5 cm³/mol. The first-order valence-electron chi connectivity index (χ1n) is 6.61. The minimum atomic E-state index is 0.319. The molecule has 0 amide bonds. The minimum Gasteiger partial charge on any atom is -0.319 e. The molecule has 2 aromatic rings. The number of nitrogens with zero attached hydrogens (tertiary/aromatic N) is 2. The average Bonchev–Trinajstić information content (AvgIpc) is 2.65. The number of rotatable bonds is 5. The molecule has 0 spiro atoms. The van der Waals surface area contributed by atoms with Crippen molar-refractivity contribution in [1.82, 2.24) is 15.1 Å². The lowest BCUT2D eigenvalue weighted by Crippen LogP contribution is -2.20. The summed E-state index contributed by atoms with van der Waals surface area (Å²) in [5, 5.41) is 8.53. The van der Waals surface area contributed by atoms with Gasteiger partial charge in [-0.2, -0.15) is 5.10 Å². The fourth-order valence-electron chi connectivity index (χ4n) is 2.48. The molecule has 0 radical (unpaired) electrons. The van der Waals surface area contributed by atoms with Crippen LogP contribution in [0.25, 0.3) is 0 Å². The number of nitrogens with one attached hydrogen (secondary N) is 1. The van der Waals surface area contributed by atoms with Crippen molar-refractivity contribution in [1.29, 1.82) is 0 Å². The van der Waals surface area contributed by atoms with Crippen molar-refractivity contribution in [2.75, 3.05) is 13.6 Å². The van der Waals surface area contributed by atoms with Crippen molar-refractivity contribution in [3.05, 3.63) is 50.7 Å². The first-order chi connectivity index (χ1) is 9.54. The predicted octanol–water partition coefficient (Wildman–Crippen LogP) is 3.69. The summed E-state index contributed by atoms with van der Waals surface area (Å²) in [6, 6.07) is 8.05. The highest BCUT2D eigenvalue weighted by atomic mass is 79.9. The monoisotopic (exact) mass is 355 g/mol. The normalized spacial score (nSPS) is 12.7. The molecule has 108 valence electrons. The third kappa shape index (κ3) is 3.25. The van der Waals surface area contributed by atoms with E-state index in [4.69, 9.17) is 11.6 Å². The maximum atomic E-state index is 6.34. The summed E-state index contributed by atoms with van der Waals surface area (Å²) in [5.74, 6) is 0.319. The van der Waals surface area contributed by atoms with Gasteiger partial charge in [-0.1, -0.05) is 29.8 Å². The van der Waals surface area contributed by atoms with Crippen LogP contribution >= 0.6 is 27.5 Å². The van der Waals surface area contributed by atoms with E-state index in [9.17, 15) is 0 Å². The second kappa shape index (κ2) is 6.74. The summed E-state index contributed by atoms with van der Waals surface area (Å²) < 4.78 is 3.03. The van der Waals surface area contributed by atoms with Crippen molar-refractivity contribution < 1.29 is 0 Å². The summed E-state index contributed by atoms with van der Waals surface area (Å²) >= 11 is 9.98. The molecule has 20 heavy (non-hydrogen) atoms. The fourth-order valence-corrected chi connectivity index (χ4v) is 3.27. The molecule has 1 N–H and O–H groups in total. The molecule has 0 saturated heterocycles. The zero-order valence-electron chi connectivity index (χ0n) is 12.0. The standard InChI is InChI=1S/C15H19BrClN3/c1-10-15(16)14(20(3)19-10)8-11(9-18-2)12-6-4-5-7-13(12)17/h4-7,11,18H,8-9H2,1-3H3. The van der Waals surface area contributed by atoms with E-state index in [0.29, 0.717) is 5.92 Å². The highest BCUT2D eigenvalue weighted by Crippen LogP contribution is 2.30. The van der Waals surface area contributed by atoms with Gasteiger partial charge in [-0.15, -0.1) is 0 Å². The first kappa shape index (κ1) is 15.5. The lowest BCUT2D eigenvalue weighted by molar-refractivity contribution is 0.590. The van der Waals surface area contributed by atoms with E-state index in [-0.39, 0.29) is 0 Å². The second-order valence-corrected chi connectivity index (χ2v) is 6.15. The number of halogens is 2. The van der Waals surface area contributed by atoms with Gasteiger partial charge in [-0.25, -0.2) is 0 Å². The van der Waals surface area contributed by atoms with Crippen LogP contribution in [-0.2, 0) is 13.5 Å². The van der Waals surface area contributed by atoms with Gasteiger partial charge in [0.15, 0.2) is 0 Å². The van der Waals surface area contributed by atoms with E-state index >= 15 is 0 Å². The Labute approximate surface area is 133 Å². The first-order valence-corrected chi connectivity index (χ1v) is 7.78. The van der Waals surface area contributed by atoms with E-state index < -0.39 is 0 Å². The minimum absolute atomic E-state index is 0.319. The Morgan fingerprint density at radius 3 is 2.65 bits per heavy atom. The number of likely N-dealkylation sites (N-methyl/N-ethyl adjacent to an activating group) is 1. The summed E-state index contributed by atoms with van der Waals surface area (Å²) in [5.41, 5.74) is 3.39. The van der Waals surface area contributed by atoms with Crippen LogP contribution in [0.1, 0.15) is 22.9 Å². The van der Waals surface area contributed by atoms with Crippen LogP contribution in [0.5, 0.6) is 0 Å². The second-order valence-electron chi connectivity index (χ2n) is 4.95. The molecule has 0 fully saturated rings. The molecule has 0 saturated carbocycles. The molecule has 0 aliphatic heterocycles. The highest BCUT2D eigenvalue weighted by Gasteiger charge is 2.19. The molecule has 1 aromatic heterocycles. The van der Waals surface area contributed by atoms with E-state index in [0.717, 1.165) is 28.2 Å². The molecule has 1 unspecified atom stereocenters. The van der Waals surface area contributed by atoms with Crippen molar-refractivity contribution in [2.45, 2.75) is 19.3 Å². The molecule has 0 aliphatic carbocycles. The zero-order chi connectivity index (χ0) is 14.7. The lowest BCUT2D eigenvalue weighted by atomic mass is 9.94. The highest BCUT2D eigenvalue weighted by molar-refractivity contribution is 9.10. The van der Waals surface area contributed by atoms with Crippen LogP contribution in [0.15, 0.2) is 28.7 Å². The third-order valence-electron chi connectivity index (χ3n) is 3.50. The summed E-state index contributed by atoms with van der Waals surface area (Å²) in [6.07, 6.45) is 0.891. The summed E-state index contributed by atoms with van der Waals surface area (Å²) in [6.45, 7) is 2.89. The molecule has 1 atom stereocenters. The van der Waals surface area contributed by atoms with Crippen LogP contribution in [0, 0.1) is 6.92 Å². The van der Waals surface area contributed by atoms with Crippen LogP contribution in [-0.4, -0.2) is 23.4 Å². The number of hydrogen-bond acceptors (Lipinski definition) is 2. The molecule has 1 aromatic carbocycles. The lowest BCUT2D eigenvalue weighted by Gasteiger charge is -2.19. The molecule has 3 nitrogen and oxygen atoms in total. The maximum Gasteiger partial charge on any atom is 0.0738 e. The van der Waals surface area contributed by atoms with Crippen molar-refractivity contribution in [3.8, 4) is 0 Å². The van der Waals surface area contributed by atoms with Gasteiger partial charge >= 0.3 is 0 Å². The van der Waals surface area contributed by atoms with E-state index in [2.05, 4.69) is 32.4 Å². The maximum absolute atomic E-state index is 6.34. The zero-order valence-corrected chi connectivity index (χ0v) is 14.3. The quantitative estimate of drug-likeness (QED) is 0.885. The van der Waals surface area contributed by atoms with Crippen molar-refractivity contribution in [3.63, 3.8) is 0 Å². The van der Waals surface area contributed by atoms with Gasteiger partial charge in [0.25, 0.3) is 0 Å². The fraction of sp³-hybridized carbons (Fsp3) is 0.400. The number of aryl methyl sites for hydroxylation is 2. The van der Waals surface area contributed by atoms with Gasteiger partial charge in [-0.05, 0) is 48.0 Å². The molecule has 5 heteroatoms.